The number of rotatable bonds is 8. The van der Waals surface area contributed by atoms with E-state index in [1.807, 2.05) is 32.2 Å². The molecule has 0 spiro atoms. The first kappa shape index (κ1) is 20.7. The zero-order valence-electron chi connectivity index (χ0n) is 17.2. The van der Waals surface area contributed by atoms with Crippen molar-refractivity contribution < 1.29 is 9.26 Å². The third-order valence-electron chi connectivity index (χ3n) is 4.59. The molecule has 2 aromatic heterocycles. The number of hydrogen-bond donors (Lipinski definition) is 1. The van der Waals surface area contributed by atoms with Crippen LogP contribution in [0.4, 0.5) is 0 Å². The normalized spacial score (nSPS) is 15.4. The Labute approximate surface area is 170 Å². The van der Waals surface area contributed by atoms with E-state index in [0.717, 1.165) is 30.5 Å². The fourth-order valence-corrected chi connectivity index (χ4v) is 4.40. The Morgan fingerprint density at radius 1 is 1.32 bits per heavy atom. The number of nitrogens with one attached hydrogen (secondary N) is 1. The summed E-state index contributed by atoms with van der Waals surface area (Å²) in [6.45, 7) is 8.37. The van der Waals surface area contributed by atoms with E-state index in [9.17, 15) is 0 Å². The summed E-state index contributed by atoms with van der Waals surface area (Å²) in [4.78, 5) is 17.4. The van der Waals surface area contributed by atoms with E-state index in [1.165, 1.54) is 29.8 Å². The molecule has 1 aliphatic carbocycles. The van der Waals surface area contributed by atoms with Gasteiger partial charge in [-0.3, -0.25) is 0 Å². The largest absolute Gasteiger partial charge is 0.371 e. The molecule has 28 heavy (non-hydrogen) atoms. The van der Waals surface area contributed by atoms with Gasteiger partial charge in [-0.05, 0) is 46.5 Å². The summed E-state index contributed by atoms with van der Waals surface area (Å²) < 4.78 is 10.8. The number of fused-ring (bicyclic) bond motifs is 1. The van der Waals surface area contributed by atoms with Crippen molar-refractivity contribution in [3.05, 3.63) is 27.3 Å². The quantitative estimate of drug-likeness (QED) is 0.532. The van der Waals surface area contributed by atoms with Gasteiger partial charge < -0.3 is 19.5 Å². The van der Waals surface area contributed by atoms with Gasteiger partial charge in [-0.2, -0.15) is 4.98 Å². The van der Waals surface area contributed by atoms with E-state index >= 15 is 0 Å². The van der Waals surface area contributed by atoms with Crippen LogP contribution in [0.25, 0.3) is 0 Å². The highest BCUT2D eigenvalue weighted by Crippen LogP contribution is 2.27. The Morgan fingerprint density at radius 2 is 2.14 bits per heavy atom. The minimum atomic E-state index is -0.182. The summed E-state index contributed by atoms with van der Waals surface area (Å²) in [5, 5.41) is 8.45. The molecule has 2 aromatic rings. The topological polar surface area (TPSA) is 88.7 Å². The number of aliphatic imine (C=N–C) groups is 1. The molecule has 0 amide bonds. The first-order valence-electron chi connectivity index (χ1n) is 10.0. The first-order chi connectivity index (χ1) is 13.6. The van der Waals surface area contributed by atoms with Crippen LogP contribution in [0, 0.1) is 0 Å². The molecule has 0 saturated heterocycles. The standard InChI is InChI=1S/C19H30N6O2S/c1-5-20-19(21-11-16-23-18(24-27-16)13(3)26-6-2)25(4)12-17-22-14-9-7-8-10-15(14)28-17/h13H,5-12H2,1-4H3,(H,20,21). The molecular formula is C19H30N6O2S. The zero-order chi connectivity index (χ0) is 19.9. The molecule has 0 saturated carbocycles. The van der Waals surface area contributed by atoms with Crippen molar-refractivity contribution in [2.75, 3.05) is 20.2 Å². The van der Waals surface area contributed by atoms with Crippen LogP contribution >= 0.6 is 11.3 Å². The molecule has 0 aliphatic heterocycles. The predicted octanol–water partition coefficient (Wildman–Crippen LogP) is 3.10. The SMILES string of the molecule is CCNC(=NCc1nc(C(C)OCC)no1)N(C)Cc1nc2c(s1)CCCC2. The molecule has 0 radical (unpaired) electrons. The Balaban J connectivity index is 1.63. The highest BCUT2D eigenvalue weighted by Gasteiger charge is 2.17. The van der Waals surface area contributed by atoms with Crippen LogP contribution in [0.1, 0.15) is 67.0 Å². The molecule has 9 heteroatoms. The van der Waals surface area contributed by atoms with Crippen molar-refractivity contribution >= 4 is 17.3 Å². The summed E-state index contributed by atoms with van der Waals surface area (Å²) in [6.07, 6.45) is 4.64. The first-order valence-corrected chi connectivity index (χ1v) is 10.8. The predicted molar refractivity (Wildman–Crippen MR) is 109 cm³/mol. The third kappa shape index (κ3) is 5.29. The van der Waals surface area contributed by atoms with Crippen LogP contribution in [-0.2, 0) is 30.7 Å². The zero-order valence-corrected chi connectivity index (χ0v) is 18.0. The fourth-order valence-electron chi connectivity index (χ4n) is 3.18. The van der Waals surface area contributed by atoms with Gasteiger partial charge in [0.15, 0.2) is 11.8 Å². The summed E-state index contributed by atoms with van der Waals surface area (Å²) in [6, 6.07) is 0. The van der Waals surface area contributed by atoms with Gasteiger partial charge in [0, 0.05) is 25.1 Å². The van der Waals surface area contributed by atoms with Crippen molar-refractivity contribution in [1.29, 1.82) is 0 Å². The Morgan fingerprint density at radius 3 is 2.89 bits per heavy atom. The molecule has 3 rings (SSSR count). The molecule has 0 fully saturated rings. The smallest absolute Gasteiger partial charge is 0.248 e. The van der Waals surface area contributed by atoms with Crippen molar-refractivity contribution in [3.8, 4) is 0 Å². The number of thiazole rings is 1. The van der Waals surface area contributed by atoms with Crippen LogP contribution in [0.3, 0.4) is 0 Å². The summed E-state index contributed by atoms with van der Waals surface area (Å²) in [7, 11) is 2.03. The van der Waals surface area contributed by atoms with Crippen LogP contribution in [0.5, 0.6) is 0 Å². The van der Waals surface area contributed by atoms with Crippen molar-refractivity contribution in [1.82, 2.24) is 25.3 Å². The van der Waals surface area contributed by atoms with Gasteiger partial charge in [0.25, 0.3) is 0 Å². The number of aromatic nitrogens is 3. The van der Waals surface area contributed by atoms with E-state index in [4.69, 9.17) is 14.2 Å². The second kappa shape index (κ2) is 9.97. The summed E-state index contributed by atoms with van der Waals surface area (Å²) >= 11 is 1.83. The van der Waals surface area contributed by atoms with E-state index < -0.39 is 0 Å². The Bertz CT molecular complexity index is 764. The molecule has 1 unspecified atom stereocenters. The molecule has 0 bridgehead atoms. The molecule has 1 N–H and O–H groups in total. The van der Waals surface area contributed by atoms with Crippen LogP contribution in [0.15, 0.2) is 9.52 Å². The van der Waals surface area contributed by atoms with E-state index in [0.29, 0.717) is 24.9 Å². The second-order valence-corrected chi connectivity index (χ2v) is 8.02. The molecule has 154 valence electrons. The highest BCUT2D eigenvalue weighted by atomic mass is 32.1. The summed E-state index contributed by atoms with van der Waals surface area (Å²) in [5.74, 6) is 1.84. The molecule has 0 aromatic carbocycles. The minimum absolute atomic E-state index is 0.182. The minimum Gasteiger partial charge on any atom is -0.371 e. The van der Waals surface area contributed by atoms with Gasteiger partial charge in [0.05, 0.1) is 12.2 Å². The molecule has 1 aliphatic rings. The summed E-state index contributed by atoms with van der Waals surface area (Å²) in [5.41, 5.74) is 1.29. The molecule has 8 nitrogen and oxygen atoms in total. The van der Waals surface area contributed by atoms with Gasteiger partial charge in [-0.1, -0.05) is 5.16 Å². The van der Waals surface area contributed by atoms with E-state index in [2.05, 4.69) is 32.3 Å². The highest BCUT2D eigenvalue weighted by molar-refractivity contribution is 7.11. The van der Waals surface area contributed by atoms with E-state index in [1.54, 1.807) is 0 Å². The second-order valence-electron chi connectivity index (χ2n) is 6.85. The van der Waals surface area contributed by atoms with Crippen LogP contribution in [-0.4, -0.2) is 46.2 Å². The number of ether oxygens (including phenoxy) is 1. The number of nitrogens with zero attached hydrogens (tertiary/aromatic N) is 5. The number of aryl methyl sites for hydroxylation is 2. The van der Waals surface area contributed by atoms with Gasteiger partial charge in [-0.15, -0.1) is 11.3 Å². The number of guanidine groups is 1. The number of hydrogen-bond acceptors (Lipinski definition) is 7. The lowest BCUT2D eigenvalue weighted by Crippen LogP contribution is -2.38. The van der Waals surface area contributed by atoms with Gasteiger partial charge in [-0.25, -0.2) is 9.98 Å². The maximum atomic E-state index is 5.50. The average Bonchev–Trinajstić information content (AvgIpc) is 3.31. The van der Waals surface area contributed by atoms with E-state index in [-0.39, 0.29) is 6.10 Å². The lowest BCUT2D eigenvalue weighted by atomic mass is 10.0. The fraction of sp³-hybridized carbons (Fsp3) is 0.684. The van der Waals surface area contributed by atoms with Gasteiger partial charge in [0.1, 0.15) is 17.7 Å². The molecular weight excluding hydrogens is 376 g/mol. The van der Waals surface area contributed by atoms with Crippen LogP contribution in [0.2, 0.25) is 0 Å². The molecule has 2 heterocycles. The average molecular weight is 407 g/mol. The Kier molecular flexibility index (Phi) is 7.38. The Hall–Kier alpha value is -2.00. The maximum absolute atomic E-state index is 5.50. The molecule has 1 atom stereocenters. The maximum Gasteiger partial charge on any atom is 0.248 e. The lowest BCUT2D eigenvalue weighted by Gasteiger charge is -2.20. The van der Waals surface area contributed by atoms with Crippen molar-refractivity contribution in [3.63, 3.8) is 0 Å². The lowest BCUT2D eigenvalue weighted by molar-refractivity contribution is 0.0683. The van der Waals surface area contributed by atoms with Crippen LogP contribution < -0.4 is 5.32 Å². The van der Waals surface area contributed by atoms with Crippen molar-refractivity contribution in [2.24, 2.45) is 4.99 Å². The van der Waals surface area contributed by atoms with Crippen molar-refractivity contribution in [2.45, 2.75) is 65.6 Å². The third-order valence-corrected chi connectivity index (χ3v) is 5.73. The monoisotopic (exact) mass is 406 g/mol. The van der Waals surface area contributed by atoms with Gasteiger partial charge >= 0.3 is 0 Å². The van der Waals surface area contributed by atoms with Gasteiger partial charge in [0.2, 0.25) is 5.89 Å².